The van der Waals surface area contributed by atoms with E-state index < -0.39 is 6.09 Å². The number of aromatic nitrogens is 3. The molecule has 1 aliphatic heterocycles. The first-order valence-corrected chi connectivity index (χ1v) is 7.38. The van der Waals surface area contributed by atoms with Crippen molar-refractivity contribution in [1.82, 2.24) is 19.7 Å². The first-order chi connectivity index (χ1) is 10.1. The molecule has 0 spiro atoms. The average Bonchev–Trinajstić information content (AvgIpc) is 2.77. The van der Waals surface area contributed by atoms with Crippen LogP contribution in [0.1, 0.15) is 12.8 Å². The zero-order chi connectivity index (χ0) is 15.0. The minimum absolute atomic E-state index is 0.0958. The van der Waals surface area contributed by atoms with Gasteiger partial charge in [-0.05, 0) is 28.8 Å². The molecule has 0 aromatic carbocycles. The predicted octanol–water partition coefficient (Wildman–Crippen LogP) is 1.31. The molecule has 4 N–H and O–H groups in total. The van der Waals surface area contributed by atoms with Crippen molar-refractivity contribution in [3.8, 4) is 0 Å². The third-order valence-electron chi connectivity index (χ3n) is 3.55. The number of piperidine rings is 1. The molecule has 0 saturated carbocycles. The van der Waals surface area contributed by atoms with Crippen LogP contribution in [0.5, 0.6) is 0 Å². The molecule has 1 saturated heterocycles. The molecule has 3 heterocycles. The second-order valence-corrected chi connectivity index (χ2v) is 5.72. The van der Waals surface area contributed by atoms with E-state index in [-0.39, 0.29) is 6.04 Å². The highest BCUT2D eigenvalue weighted by Crippen LogP contribution is 2.28. The topological polar surface area (TPSA) is 109 Å². The van der Waals surface area contributed by atoms with Gasteiger partial charge in [-0.1, -0.05) is 0 Å². The summed E-state index contributed by atoms with van der Waals surface area (Å²) in [6.07, 6.45) is 4.16. The normalized spacial score (nSPS) is 18.9. The molecule has 2 aromatic heterocycles. The van der Waals surface area contributed by atoms with Crippen LogP contribution in [-0.2, 0) is 0 Å². The Labute approximate surface area is 129 Å². The third-order valence-corrected chi connectivity index (χ3v) is 4.11. The van der Waals surface area contributed by atoms with Gasteiger partial charge in [0.2, 0.25) is 5.95 Å². The van der Waals surface area contributed by atoms with Crippen LogP contribution in [0.3, 0.4) is 0 Å². The second kappa shape index (κ2) is 5.40. The van der Waals surface area contributed by atoms with Crippen molar-refractivity contribution < 1.29 is 9.90 Å². The van der Waals surface area contributed by atoms with Crippen molar-refractivity contribution in [3.05, 3.63) is 17.0 Å². The lowest BCUT2D eigenvalue weighted by Crippen LogP contribution is -2.48. The van der Waals surface area contributed by atoms with Gasteiger partial charge in [0.05, 0.1) is 0 Å². The Bertz CT molecular complexity index is 688. The number of nitrogens with two attached hydrogens (primary N) is 1. The zero-order valence-electron chi connectivity index (χ0n) is 11.2. The number of halogens is 1. The van der Waals surface area contributed by atoms with Crippen LogP contribution in [0.2, 0.25) is 0 Å². The Kier molecular flexibility index (Phi) is 3.58. The number of rotatable bonds is 2. The fraction of sp³-hybridized carbons (Fsp3) is 0.417. The Morgan fingerprint density at radius 3 is 3.14 bits per heavy atom. The monoisotopic (exact) mass is 354 g/mol. The van der Waals surface area contributed by atoms with E-state index in [4.69, 9.17) is 10.8 Å². The largest absolute Gasteiger partial charge is 0.465 e. The highest BCUT2D eigenvalue weighted by Gasteiger charge is 2.25. The van der Waals surface area contributed by atoms with E-state index in [2.05, 4.69) is 36.1 Å². The summed E-state index contributed by atoms with van der Waals surface area (Å²) in [5, 5.41) is 11.4. The molecule has 1 amide bonds. The molecule has 1 aliphatic rings. The number of hydrogen-bond acceptors (Lipinski definition) is 5. The molecule has 21 heavy (non-hydrogen) atoms. The maximum absolute atomic E-state index is 10.8. The molecule has 1 fully saturated rings. The summed E-state index contributed by atoms with van der Waals surface area (Å²) in [5.41, 5.74) is 6.61. The van der Waals surface area contributed by atoms with E-state index in [1.54, 1.807) is 12.4 Å². The molecule has 9 heteroatoms. The van der Waals surface area contributed by atoms with Crippen LogP contribution < -0.4 is 16.0 Å². The summed E-state index contributed by atoms with van der Waals surface area (Å²) < 4.78 is 2.51. The molecular weight excluding hydrogens is 340 g/mol. The summed E-state index contributed by atoms with van der Waals surface area (Å²) in [4.78, 5) is 21.4. The quantitative estimate of drug-likeness (QED) is 0.750. The smallest absolute Gasteiger partial charge is 0.404 e. The van der Waals surface area contributed by atoms with Gasteiger partial charge in [0.1, 0.15) is 10.1 Å². The fourth-order valence-corrected chi connectivity index (χ4v) is 3.23. The highest BCUT2D eigenvalue weighted by molar-refractivity contribution is 9.10. The number of hydrogen-bond donors (Lipinski definition) is 3. The molecular formula is C12H15BrN6O2. The van der Waals surface area contributed by atoms with Crippen LogP contribution in [0.25, 0.3) is 5.52 Å². The lowest BCUT2D eigenvalue weighted by molar-refractivity contribution is 0.188. The second-order valence-electron chi connectivity index (χ2n) is 4.97. The highest BCUT2D eigenvalue weighted by atomic mass is 79.9. The van der Waals surface area contributed by atoms with Crippen LogP contribution in [0, 0.1) is 0 Å². The molecule has 3 rings (SSSR count). The van der Waals surface area contributed by atoms with Crippen LogP contribution >= 0.6 is 15.9 Å². The first-order valence-electron chi connectivity index (χ1n) is 6.58. The molecule has 2 aromatic rings. The zero-order valence-corrected chi connectivity index (χ0v) is 12.7. The summed E-state index contributed by atoms with van der Waals surface area (Å²) in [6, 6.07) is -0.0958. The van der Waals surface area contributed by atoms with Gasteiger partial charge >= 0.3 is 6.09 Å². The van der Waals surface area contributed by atoms with Crippen LogP contribution in [0.4, 0.5) is 16.6 Å². The van der Waals surface area contributed by atoms with Gasteiger partial charge in [-0.25, -0.2) is 14.8 Å². The summed E-state index contributed by atoms with van der Waals surface area (Å²) in [5.74, 6) is 1.14. The number of carbonyl (C=O) groups is 1. The van der Waals surface area contributed by atoms with Crippen LogP contribution in [0.15, 0.2) is 17.0 Å². The van der Waals surface area contributed by atoms with E-state index >= 15 is 0 Å². The van der Waals surface area contributed by atoms with Gasteiger partial charge in [-0.2, -0.15) is 0 Å². The molecule has 1 atom stereocenters. The van der Waals surface area contributed by atoms with E-state index in [1.807, 2.05) is 4.40 Å². The lowest BCUT2D eigenvalue weighted by Gasteiger charge is -2.32. The van der Waals surface area contributed by atoms with Crippen molar-refractivity contribution in [3.63, 3.8) is 0 Å². The van der Waals surface area contributed by atoms with E-state index in [1.165, 1.54) is 0 Å². The summed E-state index contributed by atoms with van der Waals surface area (Å²) >= 11 is 3.40. The number of nitrogens with zero attached hydrogens (tertiary/aromatic N) is 4. The molecule has 0 radical (unpaired) electrons. The number of fused-ring (bicyclic) bond motifs is 1. The molecule has 1 unspecified atom stereocenters. The number of anilines is 2. The van der Waals surface area contributed by atoms with Gasteiger partial charge in [0.25, 0.3) is 0 Å². The van der Waals surface area contributed by atoms with Gasteiger partial charge in [0, 0.05) is 31.5 Å². The number of amides is 1. The first kappa shape index (κ1) is 13.9. The molecule has 0 aliphatic carbocycles. The Balaban J connectivity index is 1.93. The average molecular weight is 355 g/mol. The van der Waals surface area contributed by atoms with Crippen molar-refractivity contribution >= 4 is 39.3 Å². The van der Waals surface area contributed by atoms with Crippen LogP contribution in [-0.4, -0.2) is 44.7 Å². The van der Waals surface area contributed by atoms with E-state index in [0.29, 0.717) is 17.0 Å². The van der Waals surface area contributed by atoms with Crippen molar-refractivity contribution in [2.45, 2.75) is 18.9 Å². The fourth-order valence-electron chi connectivity index (χ4n) is 2.68. The van der Waals surface area contributed by atoms with Gasteiger partial charge < -0.3 is 21.1 Å². The number of carboxylic acid groups (broad SMARTS) is 1. The van der Waals surface area contributed by atoms with Gasteiger partial charge in [-0.15, -0.1) is 0 Å². The minimum Gasteiger partial charge on any atom is -0.465 e. The maximum atomic E-state index is 10.8. The summed E-state index contributed by atoms with van der Waals surface area (Å²) in [7, 11) is 0. The number of nitrogen functional groups attached to an aromatic ring is 1. The Hall–Kier alpha value is -2.03. The van der Waals surface area contributed by atoms with Crippen molar-refractivity contribution in [2.24, 2.45) is 0 Å². The number of nitrogens with one attached hydrogen (secondary N) is 1. The third kappa shape index (κ3) is 2.60. The van der Waals surface area contributed by atoms with E-state index in [0.717, 1.165) is 30.9 Å². The van der Waals surface area contributed by atoms with Gasteiger partial charge in [0.15, 0.2) is 5.82 Å². The van der Waals surface area contributed by atoms with Crippen molar-refractivity contribution in [2.75, 3.05) is 23.7 Å². The standard InChI is InChI=1S/C12H15BrN6O2/c13-9-8-10(14)15-3-5-19(8)11(17-9)18-4-1-2-7(6-18)16-12(20)21/h3,5,7,16H,1-2,4,6H2,(H2,14,15)(H,20,21). The van der Waals surface area contributed by atoms with E-state index in [9.17, 15) is 4.79 Å². The Morgan fingerprint density at radius 2 is 2.38 bits per heavy atom. The SMILES string of the molecule is Nc1nccn2c(N3CCCC(NC(=O)O)C3)nc(Br)c12. The molecule has 112 valence electrons. The van der Waals surface area contributed by atoms with Gasteiger partial charge in [-0.3, -0.25) is 4.40 Å². The molecule has 0 bridgehead atoms. The number of imidazole rings is 1. The molecule has 8 nitrogen and oxygen atoms in total. The Morgan fingerprint density at radius 1 is 1.57 bits per heavy atom. The lowest BCUT2D eigenvalue weighted by atomic mass is 10.1. The maximum Gasteiger partial charge on any atom is 0.404 e. The van der Waals surface area contributed by atoms with Crippen molar-refractivity contribution in [1.29, 1.82) is 0 Å². The predicted molar refractivity (Wildman–Crippen MR) is 81.5 cm³/mol. The minimum atomic E-state index is -0.996. The summed E-state index contributed by atoms with van der Waals surface area (Å²) in [6.45, 7) is 1.41.